The molecule has 0 bridgehead atoms. The number of amides is 1. The number of aromatic nitrogens is 8. The number of benzene rings is 2. The highest BCUT2D eigenvalue weighted by molar-refractivity contribution is 6.03. The number of carbonyl (C=O) groups excluding carboxylic acids is 1. The summed E-state index contributed by atoms with van der Waals surface area (Å²) in [7, 11) is 1.68. The van der Waals surface area contributed by atoms with Crippen LogP contribution in [0.25, 0.3) is 66.8 Å². The SMILES string of the molecule is CC(=O)Nc1cccc(-c2cc(N3CCOCC3)nc3c(-c4ccn[nH]4)nccc23)c1.COc1cccc(-c2cc(N3CCOCC3)nc3c(-c4ccn[nH]4)nccc23)c1. The van der Waals surface area contributed by atoms with Gasteiger partial charge in [0.25, 0.3) is 0 Å². The number of rotatable bonds is 8. The molecular weight excluding hydrogens is 759 g/mol. The van der Waals surface area contributed by atoms with E-state index < -0.39 is 0 Å². The summed E-state index contributed by atoms with van der Waals surface area (Å²) in [6.45, 7) is 7.45. The minimum atomic E-state index is -0.100. The molecule has 15 heteroatoms. The summed E-state index contributed by atoms with van der Waals surface area (Å²) in [6.07, 6.45) is 7.04. The van der Waals surface area contributed by atoms with Crippen LogP contribution in [0.2, 0.25) is 0 Å². The van der Waals surface area contributed by atoms with E-state index in [2.05, 4.69) is 63.7 Å². The smallest absolute Gasteiger partial charge is 0.221 e. The highest BCUT2D eigenvalue weighted by Crippen LogP contribution is 2.38. The zero-order valence-electron chi connectivity index (χ0n) is 33.3. The number of hydrogen-bond donors (Lipinski definition) is 3. The molecule has 60 heavy (non-hydrogen) atoms. The first-order valence-electron chi connectivity index (χ1n) is 19.8. The molecule has 10 rings (SSSR count). The maximum absolute atomic E-state index is 11.6. The van der Waals surface area contributed by atoms with Crippen molar-refractivity contribution in [2.75, 3.05) is 74.8 Å². The Morgan fingerprint density at radius 3 is 1.65 bits per heavy atom. The number of methoxy groups -OCH3 is 1. The van der Waals surface area contributed by atoms with Crippen LogP contribution in [0.1, 0.15) is 6.92 Å². The number of anilines is 3. The van der Waals surface area contributed by atoms with E-state index in [1.165, 1.54) is 6.92 Å². The van der Waals surface area contributed by atoms with Crippen LogP contribution in [0.4, 0.5) is 17.3 Å². The van der Waals surface area contributed by atoms with E-state index in [4.69, 9.17) is 24.2 Å². The fraction of sp³-hybridized carbons (Fsp3) is 0.222. The van der Waals surface area contributed by atoms with Crippen LogP contribution in [-0.4, -0.2) is 106 Å². The number of H-pyrrole nitrogens is 2. The number of morpholine rings is 2. The Bertz CT molecular complexity index is 2750. The average Bonchev–Trinajstić information content (AvgIpc) is 4.05. The topological polar surface area (TPSA) is 172 Å². The van der Waals surface area contributed by atoms with Gasteiger partial charge in [-0.1, -0.05) is 24.3 Å². The molecule has 0 atom stereocenters. The van der Waals surface area contributed by atoms with Crippen molar-refractivity contribution < 1.29 is 19.0 Å². The lowest BCUT2D eigenvalue weighted by Gasteiger charge is -2.28. The predicted octanol–water partition coefficient (Wildman–Crippen LogP) is 7.01. The van der Waals surface area contributed by atoms with Crippen LogP contribution in [-0.2, 0) is 14.3 Å². The average molecular weight is 802 g/mol. The predicted molar refractivity (Wildman–Crippen MR) is 232 cm³/mol. The number of hydrogen-bond acceptors (Lipinski definition) is 12. The van der Waals surface area contributed by atoms with Crippen molar-refractivity contribution in [1.29, 1.82) is 0 Å². The molecule has 1 amide bonds. The van der Waals surface area contributed by atoms with Gasteiger partial charge >= 0.3 is 0 Å². The molecule has 0 unspecified atom stereocenters. The van der Waals surface area contributed by atoms with E-state index in [9.17, 15) is 4.79 Å². The molecular formula is C45H43N11O4. The van der Waals surface area contributed by atoms with Gasteiger partial charge in [-0.15, -0.1) is 0 Å². The van der Waals surface area contributed by atoms with Crippen LogP contribution in [0.3, 0.4) is 0 Å². The fourth-order valence-electron chi connectivity index (χ4n) is 7.59. The van der Waals surface area contributed by atoms with Crippen LogP contribution in [0, 0.1) is 0 Å². The normalized spacial score (nSPS) is 14.2. The van der Waals surface area contributed by atoms with Crippen molar-refractivity contribution in [3.05, 3.63) is 110 Å². The van der Waals surface area contributed by atoms with Crippen molar-refractivity contribution in [2.24, 2.45) is 0 Å². The van der Waals surface area contributed by atoms with Crippen LogP contribution in [0.5, 0.6) is 5.75 Å². The standard InChI is InChI=1S/C23H22N6O2.C22H21N5O2/c1-15(30)26-17-4-2-3-16(13-17)19-14-21(29-9-11-31-12-10-29)27-22-18(19)5-7-24-23(22)20-6-8-25-28-20;1-28-16-4-2-3-15(13-16)18-14-20(27-9-11-29-12-10-27)25-21-17(18)5-7-23-22(21)19-6-8-24-26-19/h2-8,13-14H,9-12H2,1H3,(H,25,28)(H,26,30);2-8,13-14H,9-12H2,1H3,(H,24,26). The molecule has 2 fully saturated rings. The van der Waals surface area contributed by atoms with E-state index in [1.54, 1.807) is 25.7 Å². The molecule has 15 nitrogen and oxygen atoms in total. The van der Waals surface area contributed by atoms with Gasteiger partial charge in [-0.05, 0) is 82.9 Å². The number of aromatic amines is 2. The first-order chi connectivity index (χ1) is 29.5. The lowest BCUT2D eigenvalue weighted by molar-refractivity contribution is -0.114. The van der Waals surface area contributed by atoms with Gasteiger partial charge in [-0.25, -0.2) is 9.97 Å². The van der Waals surface area contributed by atoms with Crippen LogP contribution >= 0.6 is 0 Å². The molecule has 8 heterocycles. The summed E-state index contributed by atoms with van der Waals surface area (Å²) in [5.41, 5.74) is 9.81. The molecule has 8 aromatic rings. The van der Waals surface area contributed by atoms with Gasteiger partial charge in [0.2, 0.25) is 5.91 Å². The number of nitrogens with zero attached hydrogens (tertiary/aromatic N) is 8. The van der Waals surface area contributed by atoms with Gasteiger partial charge in [0.05, 0.1) is 44.9 Å². The zero-order valence-corrected chi connectivity index (χ0v) is 33.3. The van der Waals surface area contributed by atoms with Crippen molar-refractivity contribution in [1.82, 2.24) is 40.3 Å². The van der Waals surface area contributed by atoms with E-state index >= 15 is 0 Å². The first-order valence-corrected chi connectivity index (χ1v) is 19.8. The lowest BCUT2D eigenvalue weighted by Crippen LogP contribution is -2.36. The fourth-order valence-corrected chi connectivity index (χ4v) is 7.59. The van der Waals surface area contributed by atoms with Crippen molar-refractivity contribution in [3.63, 3.8) is 0 Å². The quantitative estimate of drug-likeness (QED) is 0.144. The van der Waals surface area contributed by atoms with Gasteiger partial charge in [-0.3, -0.25) is 25.0 Å². The summed E-state index contributed by atoms with van der Waals surface area (Å²) in [5, 5.41) is 19.1. The third-order valence-corrected chi connectivity index (χ3v) is 10.5. The Kier molecular flexibility index (Phi) is 11.1. The molecule has 2 aromatic carbocycles. The minimum Gasteiger partial charge on any atom is -0.497 e. The van der Waals surface area contributed by atoms with Gasteiger partial charge in [0, 0.05) is 74.3 Å². The number of nitrogens with one attached hydrogen (secondary N) is 3. The van der Waals surface area contributed by atoms with E-state index in [-0.39, 0.29) is 5.91 Å². The van der Waals surface area contributed by atoms with Crippen LogP contribution in [0.15, 0.2) is 110 Å². The summed E-state index contributed by atoms with van der Waals surface area (Å²) in [4.78, 5) is 35.3. The van der Waals surface area contributed by atoms with Gasteiger partial charge < -0.3 is 29.3 Å². The second-order valence-electron chi connectivity index (χ2n) is 14.3. The number of pyridine rings is 4. The van der Waals surface area contributed by atoms with Crippen LogP contribution < -0.4 is 19.9 Å². The van der Waals surface area contributed by atoms with E-state index in [0.29, 0.717) is 26.4 Å². The third kappa shape index (κ3) is 8.08. The van der Waals surface area contributed by atoms with Gasteiger partial charge in [-0.2, -0.15) is 10.2 Å². The second-order valence-corrected chi connectivity index (χ2v) is 14.3. The zero-order chi connectivity index (χ0) is 40.8. The maximum atomic E-state index is 11.6. The van der Waals surface area contributed by atoms with Crippen molar-refractivity contribution in [3.8, 4) is 50.8 Å². The molecule has 0 saturated carbocycles. The number of carbonyl (C=O) groups is 1. The maximum Gasteiger partial charge on any atom is 0.221 e. The largest absolute Gasteiger partial charge is 0.497 e. The Morgan fingerprint density at radius 1 is 0.650 bits per heavy atom. The second kappa shape index (κ2) is 17.3. The summed E-state index contributed by atoms with van der Waals surface area (Å²) >= 11 is 0. The minimum absolute atomic E-state index is 0.100. The molecule has 2 aliphatic rings. The first kappa shape index (κ1) is 38.3. The molecule has 302 valence electrons. The molecule has 2 aliphatic heterocycles. The molecule has 0 radical (unpaired) electrons. The summed E-state index contributed by atoms with van der Waals surface area (Å²) in [5.74, 6) is 2.52. The number of fused-ring (bicyclic) bond motifs is 2. The highest BCUT2D eigenvalue weighted by atomic mass is 16.5. The lowest BCUT2D eigenvalue weighted by atomic mass is 9.99. The summed E-state index contributed by atoms with van der Waals surface area (Å²) in [6, 6.07) is 28.0. The monoisotopic (exact) mass is 801 g/mol. The molecule has 3 N–H and O–H groups in total. The Hall–Kier alpha value is -7.23. The van der Waals surface area contributed by atoms with E-state index in [0.717, 1.165) is 116 Å². The molecule has 0 spiro atoms. The van der Waals surface area contributed by atoms with Gasteiger partial charge in [0.1, 0.15) is 39.8 Å². The van der Waals surface area contributed by atoms with Crippen molar-refractivity contribution in [2.45, 2.75) is 6.92 Å². The van der Waals surface area contributed by atoms with Gasteiger partial charge in [0.15, 0.2) is 0 Å². The summed E-state index contributed by atoms with van der Waals surface area (Å²) < 4.78 is 16.5. The Morgan fingerprint density at radius 2 is 1.17 bits per heavy atom. The number of ether oxygens (including phenoxy) is 3. The Balaban J connectivity index is 0.000000154. The van der Waals surface area contributed by atoms with E-state index in [1.807, 2.05) is 72.9 Å². The highest BCUT2D eigenvalue weighted by Gasteiger charge is 2.21. The Labute approximate surface area is 345 Å². The molecule has 0 aliphatic carbocycles. The third-order valence-electron chi connectivity index (χ3n) is 10.5. The molecule has 6 aromatic heterocycles. The molecule has 2 saturated heterocycles. The van der Waals surface area contributed by atoms with Crippen molar-refractivity contribution >= 4 is 45.0 Å².